The van der Waals surface area contributed by atoms with E-state index in [1.54, 1.807) is 35.6 Å². The second kappa shape index (κ2) is 6.30. The summed E-state index contributed by atoms with van der Waals surface area (Å²) in [4.78, 5) is 21.5. The van der Waals surface area contributed by atoms with Crippen LogP contribution < -0.4 is 0 Å². The summed E-state index contributed by atoms with van der Waals surface area (Å²) >= 11 is 1.77. The molecule has 0 spiro atoms. The van der Waals surface area contributed by atoms with Crippen LogP contribution in [0.25, 0.3) is 0 Å². The third-order valence-corrected chi connectivity index (χ3v) is 2.90. The zero-order chi connectivity index (χ0) is 13.7. The molecule has 0 bridgehead atoms. The highest BCUT2D eigenvalue weighted by Crippen LogP contribution is 2.27. The smallest absolute Gasteiger partial charge is 0.310 e. The minimum absolute atomic E-state index is 0.00346. The van der Waals surface area contributed by atoms with Gasteiger partial charge in [-0.3, -0.25) is 14.9 Å². The van der Waals surface area contributed by atoms with Crippen LogP contribution in [-0.2, 0) is 16.0 Å². The first-order chi connectivity index (χ1) is 8.49. The molecule has 0 N–H and O–H groups in total. The number of rotatable bonds is 4. The first-order valence-corrected chi connectivity index (χ1v) is 6.10. The minimum Gasteiger partial charge on any atom is -0.466 e. The number of nitro benzene ring substituents is 1. The number of ether oxygens (including phenoxy) is 1. The van der Waals surface area contributed by atoms with Crippen LogP contribution >= 0.6 is 22.6 Å². The number of esters is 1. The van der Waals surface area contributed by atoms with E-state index in [-0.39, 0.29) is 24.3 Å². The maximum atomic E-state index is 11.3. The van der Waals surface area contributed by atoms with Gasteiger partial charge in [0.25, 0.3) is 5.69 Å². The molecule has 0 heterocycles. The van der Waals surface area contributed by atoms with Gasteiger partial charge in [-0.25, -0.2) is 0 Å². The Morgan fingerprint density at radius 3 is 2.78 bits per heavy atom. The number of hydrogen-bond donors (Lipinski definition) is 0. The Morgan fingerprint density at radius 1 is 1.61 bits per heavy atom. The van der Waals surface area contributed by atoms with E-state index in [9.17, 15) is 14.9 Å². The largest absolute Gasteiger partial charge is 0.466 e. The molecule has 0 saturated carbocycles. The summed E-state index contributed by atoms with van der Waals surface area (Å²) in [5.41, 5.74) is 0.247. The second-order valence-electron chi connectivity index (χ2n) is 3.32. The SMILES string of the molecule is CCOC(=O)Cc1cc(I)c([N+](=O)[O-])c(C#N)c1. The molecule has 0 saturated heterocycles. The van der Waals surface area contributed by atoms with Crippen LogP contribution in [0, 0.1) is 25.0 Å². The van der Waals surface area contributed by atoms with Crippen molar-refractivity contribution < 1.29 is 14.5 Å². The highest BCUT2D eigenvalue weighted by atomic mass is 127. The van der Waals surface area contributed by atoms with Gasteiger partial charge in [0.2, 0.25) is 0 Å². The highest BCUT2D eigenvalue weighted by Gasteiger charge is 2.20. The molecule has 18 heavy (non-hydrogen) atoms. The summed E-state index contributed by atoms with van der Waals surface area (Å²) in [7, 11) is 0. The van der Waals surface area contributed by atoms with Crippen molar-refractivity contribution in [1.29, 1.82) is 5.26 Å². The van der Waals surface area contributed by atoms with Gasteiger partial charge < -0.3 is 4.74 Å². The Labute approximate surface area is 117 Å². The first kappa shape index (κ1) is 14.4. The molecule has 1 aromatic carbocycles. The van der Waals surface area contributed by atoms with E-state index < -0.39 is 10.9 Å². The van der Waals surface area contributed by atoms with Gasteiger partial charge in [-0.2, -0.15) is 5.26 Å². The molecule has 0 amide bonds. The van der Waals surface area contributed by atoms with Crippen LogP contribution in [0.3, 0.4) is 0 Å². The molecule has 0 aliphatic rings. The molecule has 0 aromatic heterocycles. The molecular formula is C11H9IN2O4. The summed E-state index contributed by atoms with van der Waals surface area (Å²) in [6.07, 6.45) is -0.00346. The first-order valence-electron chi connectivity index (χ1n) is 5.02. The van der Waals surface area contributed by atoms with Gasteiger partial charge in [0.1, 0.15) is 11.6 Å². The molecule has 94 valence electrons. The lowest BCUT2D eigenvalue weighted by atomic mass is 10.1. The zero-order valence-electron chi connectivity index (χ0n) is 9.47. The van der Waals surface area contributed by atoms with Crippen LogP contribution in [0.1, 0.15) is 18.1 Å². The van der Waals surface area contributed by atoms with Gasteiger partial charge in [-0.05, 0) is 47.2 Å². The van der Waals surface area contributed by atoms with E-state index in [0.29, 0.717) is 9.13 Å². The lowest BCUT2D eigenvalue weighted by molar-refractivity contribution is -0.386. The third-order valence-electron chi connectivity index (χ3n) is 2.08. The second-order valence-corrected chi connectivity index (χ2v) is 4.49. The molecule has 0 fully saturated rings. The number of carbonyl (C=O) groups excluding carboxylic acids is 1. The molecular weight excluding hydrogens is 351 g/mol. The molecule has 0 aliphatic heterocycles. The number of benzene rings is 1. The Bertz CT molecular complexity index is 537. The van der Waals surface area contributed by atoms with Crippen LogP contribution in [0.5, 0.6) is 0 Å². The predicted molar refractivity (Wildman–Crippen MR) is 70.9 cm³/mol. The summed E-state index contributed by atoms with van der Waals surface area (Å²) in [5, 5.41) is 19.7. The summed E-state index contributed by atoms with van der Waals surface area (Å²) in [6, 6.07) is 4.62. The number of nitro groups is 1. The van der Waals surface area contributed by atoms with Crippen molar-refractivity contribution in [3.63, 3.8) is 0 Å². The minimum atomic E-state index is -0.603. The van der Waals surface area contributed by atoms with Crippen molar-refractivity contribution in [2.75, 3.05) is 6.61 Å². The fourth-order valence-corrected chi connectivity index (χ4v) is 2.29. The van der Waals surface area contributed by atoms with Crippen molar-refractivity contribution in [2.24, 2.45) is 0 Å². The van der Waals surface area contributed by atoms with E-state index in [4.69, 9.17) is 10.00 Å². The average molecular weight is 360 g/mol. The summed E-state index contributed by atoms with van der Waals surface area (Å²) in [5.74, 6) is -0.425. The van der Waals surface area contributed by atoms with E-state index in [1.165, 1.54) is 12.1 Å². The molecule has 1 aromatic rings. The molecule has 0 atom stereocenters. The Morgan fingerprint density at radius 2 is 2.28 bits per heavy atom. The van der Waals surface area contributed by atoms with Crippen LogP contribution in [0.4, 0.5) is 5.69 Å². The highest BCUT2D eigenvalue weighted by molar-refractivity contribution is 14.1. The normalized spacial score (nSPS) is 9.61. The van der Waals surface area contributed by atoms with Crippen molar-refractivity contribution in [2.45, 2.75) is 13.3 Å². The van der Waals surface area contributed by atoms with Crippen LogP contribution in [0.2, 0.25) is 0 Å². The van der Waals surface area contributed by atoms with Crippen molar-refractivity contribution in [3.8, 4) is 6.07 Å². The number of halogens is 1. The van der Waals surface area contributed by atoms with Crippen molar-refractivity contribution >= 4 is 34.2 Å². The Kier molecular flexibility index (Phi) is 5.03. The zero-order valence-corrected chi connectivity index (χ0v) is 11.6. The number of hydrogen-bond acceptors (Lipinski definition) is 5. The average Bonchev–Trinajstić information content (AvgIpc) is 2.27. The summed E-state index contributed by atoms with van der Waals surface area (Å²) < 4.78 is 5.11. The van der Waals surface area contributed by atoms with E-state index in [1.807, 2.05) is 0 Å². The number of carbonyl (C=O) groups is 1. The van der Waals surface area contributed by atoms with Crippen LogP contribution in [-0.4, -0.2) is 17.5 Å². The van der Waals surface area contributed by atoms with Gasteiger partial charge in [-0.15, -0.1) is 0 Å². The fraction of sp³-hybridized carbons (Fsp3) is 0.273. The monoisotopic (exact) mass is 360 g/mol. The number of nitriles is 1. The van der Waals surface area contributed by atoms with E-state index in [2.05, 4.69) is 0 Å². The lowest BCUT2D eigenvalue weighted by Gasteiger charge is -2.04. The molecule has 6 nitrogen and oxygen atoms in total. The van der Waals surface area contributed by atoms with E-state index >= 15 is 0 Å². The predicted octanol–water partition coefficient (Wildman–Crippen LogP) is 2.18. The van der Waals surface area contributed by atoms with Gasteiger partial charge in [0.05, 0.1) is 21.5 Å². The van der Waals surface area contributed by atoms with Gasteiger partial charge in [0, 0.05) is 0 Å². The molecule has 7 heteroatoms. The third kappa shape index (κ3) is 3.40. The van der Waals surface area contributed by atoms with Crippen molar-refractivity contribution in [1.82, 2.24) is 0 Å². The Hall–Kier alpha value is -1.69. The van der Waals surface area contributed by atoms with Crippen molar-refractivity contribution in [3.05, 3.63) is 36.9 Å². The molecule has 1 rings (SSSR count). The Balaban J connectivity index is 3.12. The molecule has 0 radical (unpaired) electrons. The topological polar surface area (TPSA) is 93.2 Å². The van der Waals surface area contributed by atoms with Gasteiger partial charge in [-0.1, -0.05) is 0 Å². The maximum absolute atomic E-state index is 11.3. The van der Waals surface area contributed by atoms with Gasteiger partial charge >= 0.3 is 5.97 Å². The lowest BCUT2D eigenvalue weighted by Crippen LogP contribution is -2.08. The van der Waals surface area contributed by atoms with Gasteiger partial charge in [0.15, 0.2) is 0 Å². The fourth-order valence-electron chi connectivity index (χ4n) is 1.41. The number of nitrogens with zero attached hydrogens (tertiary/aromatic N) is 2. The van der Waals surface area contributed by atoms with Crippen LogP contribution in [0.15, 0.2) is 12.1 Å². The van der Waals surface area contributed by atoms with E-state index in [0.717, 1.165) is 0 Å². The standard InChI is InChI=1S/C11H9IN2O4/c1-2-18-10(15)5-7-3-8(6-13)11(14(16)17)9(12)4-7/h3-4H,2,5H2,1H3. The quantitative estimate of drug-likeness (QED) is 0.355. The molecule has 0 unspecified atom stereocenters. The summed E-state index contributed by atoms with van der Waals surface area (Å²) in [6.45, 7) is 1.96. The molecule has 0 aliphatic carbocycles. The maximum Gasteiger partial charge on any atom is 0.310 e.